The SMILES string of the molecule is C[C@H]1NC(=O)[C@@H](NC(=O)OC(C)(C)C)Cc2ccc(c([N+](=O)[O-])c2)Oc2cccc(c2)[C@H](CO)NC1=O. The smallest absolute Gasteiger partial charge is 0.408 e. The zero-order valence-corrected chi connectivity index (χ0v) is 20.9. The first-order valence-electron chi connectivity index (χ1n) is 11.6. The van der Waals surface area contributed by atoms with Crippen molar-refractivity contribution in [3.63, 3.8) is 0 Å². The van der Waals surface area contributed by atoms with Gasteiger partial charge >= 0.3 is 11.8 Å². The van der Waals surface area contributed by atoms with Crippen molar-refractivity contribution in [2.24, 2.45) is 0 Å². The molecule has 2 aliphatic rings. The van der Waals surface area contributed by atoms with Gasteiger partial charge in [-0.3, -0.25) is 19.7 Å². The van der Waals surface area contributed by atoms with Gasteiger partial charge in [-0.2, -0.15) is 0 Å². The molecule has 4 N–H and O–H groups in total. The number of benzene rings is 2. The largest absolute Gasteiger partial charge is 0.450 e. The summed E-state index contributed by atoms with van der Waals surface area (Å²) in [5.74, 6) is -1.05. The third kappa shape index (κ3) is 7.40. The summed E-state index contributed by atoms with van der Waals surface area (Å²) in [6, 6.07) is 7.54. The van der Waals surface area contributed by atoms with Gasteiger partial charge in [-0.05, 0) is 57.0 Å². The Hall–Kier alpha value is -4.19. The lowest BCUT2D eigenvalue weighted by Crippen LogP contribution is -2.54. The average molecular weight is 515 g/mol. The highest BCUT2D eigenvalue weighted by molar-refractivity contribution is 5.91. The highest BCUT2D eigenvalue weighted by Crippen LogP contribution is 2.33. The number of fused-ring (bicyclic) bond motifs is 9. The zero-order chi connectivity index (χ0) is 27.3. The second-order valence-electron chi connectivity index (χ2n) is 9.61. The van der Waals surface area contributed by atoms with Crippen LogP contribution in [-0.2, 0) is 20.7 Å². The maximum atomic E-state index is 13.1. The number of aliphatic hydroxyl groups excluding tert-OH is 1. The first-order chi connectivity index (χ1) is 17.4. The van der Waals surface area contributed by atoms with E-state index in [2.05, 4.69) is 16.0 Å². The number of ether oxygens (including phenoxy) is 2. The fourth-order valence-electron chi connectivity index (χ4n) is 3.65. The van der Waals surface area contributed by atoms with Gasteiger partial charge in [0, 0.05) is 12.5 Å². The lowest BCUT2D eigenvalue weighted by atomic mass is 10.0. The summed E-state index contributed by atoms with van der Waals surface area (Å²) in [6.07, 6.45) is -0.998. The van der Waals surface area contributed by atoms with E-state index in [4.69, 9.17) is 9.47 Å². The van der Waals surface area contributed by atoms with Crippen molar-refractivity contribution in [2.45, 2.75) is 57.8 Å². The van der Waals surface area contributed by atoms with E-state index in [-0.39, 0.29) is 23.6 Å². The summed E-state index contributed by atoms with van der Waals surface area (Å²) in [4.78, 5) is 49.5. The Morgan fingerprint density at radius 3 is 2.57 bits per heavy atom. The van der Waals surface area contributed by atoms with Gasteiger partial charge in [-0.1, -0.05) is 18.2 Å². The summed E-state index contributed by atoms with van der Waals surface area (Å²) in [7, 11) is 0. The number of nitro benzene ring substituents is 1. The van der Waals surface area contributed by atoms with E-state index in [9.17, 15) is 29.6 Å². The van der Waals surface area contributed by atoms with E-state index in [0.29, 0.717) is 11.1 Å². The van der Waals surface area contributed by atoms with Crippen molar-refractivity contribution >= 4 is 23.6 Å². The van der Waals surface area contributed by atoms with Crippen LogP contribution in [0, 0.1) is 10.1 Å². The maximum absolute atomic E-state index is 13.1. The third-order valence-corrected chi connectivity index (χ3v) is 5.41. The van der Waals surface area contributed by atoms with Crippen LogP contribution in [0.15, 0.2) is 42.5 Å². The molecule has 2 heterocycles. The summed E-state index contributed by atoms with van der Waals surface area (Å²) in [5.41, 5.74) is -0.318. The Balaban J connectivity index is 2.04. The van der Waals surface area contributed by atoms with Crippen LogP contribution >= 0.6 is 0 Å². The van der Waals surface area contributed by atoms with E-state index in [1.807, 2.05) is 0 Å². The van der Waals surface area contributed by atoms with Crippen molar-refractivity contribution in [3.05, 3.63) is 63.7 Å². The molecule has 12 heteroatoms. The van der Waals surface area contributed by atoms with Gasteiger partial charge < -0.3 is 30.5 Å². The summed E-state index contributed by atoms with van der Waals surface area (Å²) in [6.45, 7) is 5.98. The maximum Gasteiger partial charge on any atom is 0.408 e. The van der Waals surface area contributed by atoms with E-state index in [0.717, 1.165) is 0 Å². The van der Waals surface area contributed by atoms with Crippen molar-refractivity contribution in [1.82, 2.24) is 16.0 Å². The van der Waals surface area contributed by atoms with Gasteiger partial charge in [-0.25, -0.2) is 4.79 Å². The van der Waals surface area contributed by atoms with Crippen LogP contribution in [0.25, 0.3) is 0 Å². The minimum absolute atomic E-state index is 0.0442. The number of amides is 3. The molecule has 4 bridgehead atoms. The number of carbonyl (C=O) groups excluding carboxylic acids is 3. The third-order valence-electron chi connectivity index (χ3n) is 5.41. The van der Waals surface area contributed by atoms with Gasteiger partial charge in [0.1, 0.15) is 23.4 Å². The quantitative estimate of drug-likeness (QED) is 0.358. The first kappa shape index (κ1) is 27.4. The summed E-state index contributed by atoms with van der Waals surface area (Å²) in [5, 5.41) is 29.4. The number of nitrogens with one attached hydrogen (secondary N) is 3. The van der Waals surface area contributed by atoms with Crippen molar-refractivity contribution in [2.75, 3.05) is 6.61 Å². The Morgan fingerprint density at radius 2 is 1.92 bits per heavy atom. The van der Waals surface area contributed by atoms with Crippen LogP contribution < -0.4 is 20.7 Å². The molecule has 37 heavy (non-hydrogen) atoms. The van der Waals surface area contributed by atoms with Gasteiger partial charge in [0.05, 0.1) is 17.6 Å². The Kier molecular flexibility index (Phi) is 8.33. The van der Waals surface area contributed by atoms with E-state index >= 15 is 0 Å². The van der Waals surface area contributed by atoms with E-state index < -0.39 is 53.2 Å². The fourth-order valence-corrected chi connectivity index (χ4v) is 3.65. The molecule has 12 nitrogen and oxygen atoms in total. The molecule has 2 aliphatic heterocycles. The molecular weight excluding hydrogens is 484 g/mol. The highest BCUT2D eigenvalue weighted by atomic mass is 16.6. The minimum Gasteiger partial charge on any atom is -0.450 e. The molecule has 4 rings (SSSR count). The zero-order valence-electron chi connectivity index (χ0n) is 20.9. The number of carbonyl (C=O) groups is 3. The molecule has 3 atom stereocenters. The van der Waals surface area contributed by atoms with Crippen LogP contribution in [0.2, 0.25) is 0 Å². The minimum atomic E-state index is -1.22. The summed E-state index contributed by atoms with van der Waals surface area (Å²) >= 11 is 0. The summed E-state index contributed by atoms with van der Waals surface area (Å²) < 4.78 is 11.0. The lowest BCUT2D eigenvalue weighted by Gasteiger charge is -2.25. The molecule has 0 saturated carbocycles. The van der Waals surface area contributed by atoms with E-state index in [1.165, 1.54) is 19.1 Å². The van der Waals surface area contributed by atoms with Crippen molar-refractivity contribution in [3.8, 4) is 11.5 Å². The molecule has 0 radical (unpaired) electrons. The van der Waals surface area contributed by atoms with Gasteiger partial charge in [0.25, 0.3) is 0 Å². The number of hydrogen-bond donors (Lipinski definition) is 4. The molecule has 0 aliphatic carbocycles. The van der Waals surface area contributed by atoms with Gasteiger partial charge in [-0.15, -0.1) is 0 Å². The van der Waals surface area contributed by atoms with Crippen LogP contribution in [0.4, 0.5) is 10.5 Å². The molecule has 0 saturated heterocycles. The molecule has 198 valence electrons. The number of nitrogens with zero attached hydrogens (tertiary/aromatic N) is 1. The number of hydrogen-bond acceptors (Lipinski definition) is 8. The Labute approximate surface area is 213 Å². The lowest BCUT2D eigenvalue weighted by molar-refractivity contribution is -0.385. The molecule has 0 unspecified atom stereocenters. The van der Waals surface area contributed by atoms with Crippen molar-refractivity contribution < 1.29 is 33.9 Å². The predicted molar refractivity (Wildman–Crippen MR) is 132 cm³/mol. The first-order valence-corrected chi connectivity index (χ1v) is 11.6. The molecule has 3 amide bonds. The number of aliphatic hydroxyl groups is 1. The molecule has 0 fully saturated rings. The second kappa shape index (κ2) is 11.2. The molecule has 2 aromatic carbocycles. The second-order valence-corrected chi connectivity index (χ2v) is 9.61. The molecule has 2 aromatic rings. The Bertz CT molecular complexity index is 1190. The highest BCUT2D eigenvalue weighted by Gasteiger charge is 2.29. The van der Waals surface area contributed by atoms with Gasteiger partial charge in [0.15, 0.2) is 0 Å². The molecule has 0 spiro atoms. The number of rotatable bonds is 3. The Morgan fingerprint density at radius 1 is 1.19 bits per heavy atom. The standard InChI is InChI=1S/C25H30N4O8/c1-14-22(31)27-19(13-30)16-6-5-7-17(12-16)36-21-9-8-15(11-20(21)29(34)35)10-18(23(32)26-14)28-24(33)37-25(2,3)4/h5-9,11-12,14,18-19,30H,10,13H2,1-4H3,(H,26,32)(H,27,31)(H,28,33)/t14-,18+,19+/m1/s1. The monoisotopic (exact) mass is 514 g/mol. The fraction of sp³-hybridized carbons (Fsp3) is 0.400. The van der Waals surface area contributed by atoms with Crippen LogP contribution in [0.3, 0.4) is 0 Å². The number of alkyl carbamates (subject to hydrolysis) is 1. The van der Waals surface area contributed by atoms with Crippen LogP contribution in [0.5, 0.6) is 11.5 Å². The molecule has 0 aromatic heterocycles. The van der Waals surface area contributed by atoms with Gasteiger partial charge in [0.2, 0.25) is 17.6 Å². The molecular formula is C25H30N4O8. The normalized spacial score (nSPS) is 20.3. The number of nitro groups is 1. The predicted octanol–water partition coefficient (Wildman–Crippen LogP) is 2.49. The van der Waals surface area contributed by atoms with E-state index in [1.54, 1.807) is 51.1 Å². The average Bonchev–Trinajstić information content (AvgIpc) is 2.81. The van der Waals surface area contributed by atoms with Crippen molar-refractivity contribution in [1.29, 1.82) is 0 Å². The van der Waals surface area contributed by atoms with Crippen LogP contribution in [0.1, 0.15) is 44.9 Å². The topological polar surface area (TPSA) is 169 Å². The van der Waals surface area contributed by atoms with Crippen LogP contribution in [-0.4, -0.2) is 52.2 Å².